The Bertz CT molecular complexity index is 32.2. The second kappa shape index (κ2) is 16.9. The van der Waals surface area contributed by atoms with Gasteiger partial charge in [-0.2, -0.15) is 0 Å². The first-order valence-corrected chi connectivity index (χ1v) is 3.71. The maximum atomic E-state index is 3.78. The van der Waals surface area contributed by atoms with Crippen molar-refractivity contribution in [1.29, 1.82) is 0 Å². The van der Waals surface area contributed by atoms with E-state index in [1.807, 2.05) is 0 Å². The van der Waals surface area contributed by atoms with Crippen LogP contribution in [0.3, 0.4) is 0 Å². The predicted octanol–water partition coefficient (Wildman–Crippen LogP) is 0.278. The minimum absolute atomic E-state index is 0. The molecular weight excluding hydrogens is 334 g/mol. The van der Waals surface area contributed by atoms with Gasteiger partial charge in [-0.25, -0.2) is 0 Å². The van der Waals surface area contributed by atoms with Gasteiger partial charge in [0.15, 0.2) is 0 Å². The fourth-order valence-electron chi connectivity index (χ4n) is 0.780. The second-order valence-corrected chi connectivity index (χ2v) is 2.27. The molecule has 0 aliphatic carbocycles. The van der Waals surface area contributed by atoms with Gasteiger partial charge in [0.2, 0.25) is 0 Å². The van der Waals surface area contributed by atoms with Crippen LogP contribution in [0, 0.1) is 6.92 Å². The molecule has 0 aliphatic rings. The van der Waals surface area contributed by atoms with Crippen molar-refractivity contribution in [2.45, 2.75) is 45.4 Å². The predicted molar refractivity (Wildman–Crippen MR) is 61.4 cm³/mol. The van der Waals surface area contributed by atoms with Crippen LogP contribution < -0.4 is 0 Å². The van der Waals surface area contributed by atoms with Crippen LogP contribution in [0.2, 0.25) is 0 Å². The SMILES string of the molecule is [CH2]CCCCCCC.[SnH4].[SnH4]. The first-order valence-electron chi connectivity index (χ1n) is 3.71. The standard InChI is InChI=1S/C8H17.2Sn.8H/c1-3-5-7-8-6-4-2;;;;;;;;;;/h1,3-8H2,2H3;;;;;;;;;;. The zero-order valence-corrected chi connectivity index (χ0v) is 5.95. The maximum absolute atomic E-state index is 3.78. The van der Waals surface area contributed by atoms with Crippen LogP contribution in [-0.4, -0.2) is 47.8 Å². The van der Waals surface area contributed by atoms with Crippen LogP contribution in [0.25, 0.3) is 0 Å². The monoisotopic (exact) mass is 361 g/mol. The molecule has 0 rings (SSSR count). The third-order valence-corrected chi connectivity index (χ3v) is 1.35. The van der Waals surface area contributed by atoms with E-state index in [1.165, 1.54) is 32.1 Å². The fourth-order valence-corrected chi connectivity index (χ4v) is 0.780. The number of rotatable bonds is 5. The van der Waals surface area contributed by atoms with Gasteiger partial charge in [0, 0.05) is 0 Å². The molecule has 0 spiro atoms. The summed E-state index contributed by atoms with van der Waals surface area (Å²) in [4.78, 5) is 0. The van der Waals surface area contributed by atoms with Crippen LogP contribution in [0.1, 0.15) is 45.4 Å². The van der Waals surface area contributed by atoms with E-state index in [0.717, 1.165) is 6.42 Å². The van der Waals surface area contributed by atoms with Gasteiger partial charge in [-0.3, -0.25) is 0 Å². The zero-order chi connectivity index (χ0) is 6.24. The van der Waals surface area contributed by atoms with Crippen molar-refractivity contribution in [3.63, 3.8) is 0 Å². The van der Waals surface area contributed by atoms with E-state index in [9.17, 15) is 0 Å². The van der Waals surface area contributed by atoms with Crippen LogP contribution in [-0.2, 0) is 0 Å². The summed E-state index contributed by atoms with van der Waals surface area (Å²) in [6.07, 6.45) is 7.98. The summed E-state index contributed by atoms with van der Waals surface area (Å²) in [6, 6.07) is 0. The Morgan fingerprint density at radius 3 is 1.80 bits per heavy atom. The van der Waals surface area contributed by atoms with E-state index in [2.05, 4.69) is 13.8 Å². The average Bonchev–Trinajstić information content (AvgIpc) is 1.81. The second-order valence-electron chi connectivity index (χ2n) is 2.27. The molecule has 0 aromatic heterocycles. The Balaban J connectivity index is -0.000000245. The number of unbranched alkanes of at least 4 members (excludes halogenated alkanes) is 5. The summed E-state index contributed by atoms with van der Waals surface area (Å²) in [5.41, 5.74) is 0. The van der Waals surface area contributed by atoms with Gasteiger partial charge in [-0.05, 0) is 0 Å². The van der Waals surface area contributed by atoms with Crippen molar-refractivity contribution < 1.29 is 0 Å². The average molecular weight is 359 g/mol. The molecule has 0 aromatic rings. The van der Waals surface area contributed by atoms with E-state index in [4.69, 9.17) is 0 Å². The topological polar surface area (TPSA) is 0 Å². The Morgan fingerprint density at radius 1 is 0.900 bits per heavy atom. The van der Waals surface area contributed by atoms with Gasteiger partial charge in [0.25, 0.3) is 0 Å². The molecule has 0 bridgehead atoms. The van der Waals surface area contributed by atoms with Gasteiger partial charge < -0.3 is 0 Å². The van der Waals surface area contributed by atoms with Gasteiger partial charge in [0.05, 0.1) is 0 Å². The summed E-state index contributed by atoms with van der Waals surface area (Å²) in [6.45, 7) is 6.02. The Kier molecular flexibility index (Phi) is 29.8. The fraction of sp³-hybridized carbons (Fsp3) is 0.875. The molecule has 0 aromatic carbocycles. The first-order chi connectivity index (χ1) is 3.91. The van der Waals surface area contributed by atoms with E-state index in [1.54, 1.807) is 0 Å². The van der Waals surface area contributed by atoms with Crippen molar-refractivity contribution in [2.75, 3.05) is 0 Å². The molecule has 0 aliphatic heterocycles. The number of hydrogen-bond acceptors (Lipinski definition) is 0. The van der Waals surface area contributed by atoms with Crippen molar-refractivity contribution >= 4 is 47.8 Å². The summed E-state index contributed by atoms with van der Waals surface area (Å²) < 4.78 is 0. The molecule has 0 heterocycles. The Morgan fingerprint density at radius 2 is 1.40 bits per heavy atom. The van der Waals surface area contributed by atoms with E-state index in [-0.39, 0.29) is 47.8 Å². The zero-order valence-electron chi connectivity index (χ0n) is 5.95. The molecule has 0 N–H and O–H groups in total. The molecule has 2 heteroatoms. The van der Waals surface area contributed by atoms with Crippen molar-refractivity contribution in [3.8, 4) is 0 Å². The Labute approximate surface area is 99.5 Å². The molecule has 0 atom stereocenters. The normalized spacial score (nSPS) is 7.80. The molecule has 0 amide bonds. The third-order valence-electron chi connectivity index (χ3n) is 1.35. The molecule has 10 heavy (non-hydrogen) atoms. The van der Waals surface area contributed by atoms with Crippen molar-refractivity contribution in [2.24, 2.45) is 0 Å². The van der Waals surface area contributed by atoms with Gasteiger partial charge >= 0.3 is 47.8 Å². The third kappa shape index (κ3) is 16.3. The summed E-state index contributed by atoms with van der Waals surface area (Å²) in [5, 5.41) is 0. The van der Waals surface area contributed by atoms with Crippen LogP contribution in [0.15, 0.2) is 0 Å². The van der Waals surface area contributed by atoms with E-state index in [0.29, 0.717) is 0 Å². The van der Waals surface area contributed by atoms with Crippen molar-refractivity contribution in [1.82, 2.24) is 0 Å². The molecule has 0 unspecified atom stereocenters. The molecular formula is C8H25Sn2. The first kappa shape index (κ1) is 17.6. The molecule has 65 valence electrons. The summed E-state index contributed by atoms with van der Waals surface area (Å²) in [5.74, 6) is 0. The quantitative estimate of drug-likeness (QED) is 0.489. The molecule has 0 saturated heterocycles. The summed E-state index contributed by atoms with van der Waals surface area (Å²) >= 11 is 0. The molecule has 0 fully saturated rings. The number of hydrogen-bond donors (Lipinski definition) is 0. The molecule has 0 saturated carbocycles. The molecule has 1 radical (unpaired) electrons. The van der Waals surface area contributed by atoms with Crippen LogP contribution >= 0.6 is 0 Å². The van der Waals surface area contributed by atoms with Gasteiger partial charge in [0.1, 0.15) is 0 Å². The summed E-state index contributed by atoms with van der Waals surface area (Å²) in [7, 11) is 0. The van der Waals surface area contributed by atoms with Gasteiger partial charge in [-0.15, -0.1) is 0 Å². The van der Waals surface area contributed by atoms with Crippen LogP contribution in [0.4, 0.5) is 0 Å². The minimum atomic E-state index is 0. The Hall–Kier alpha value is 1.60. The van der Waals surface area contributed by atoms with E-state index < -0.39 is 0 Å². The molecule has 0 nitrogen and oxygen atoms in total. The van der Waals surface area contributed by atoms with Gasteiger partial charge in [-0.1, -0.05) is 52.4 Å². The van der Waals surface area contributed by atoms with Crippen LogP contribution in [0.5, 0.6) is 0 Å². The van der Waals surface area contributed by atoms with E-state index >= 15 is 0 Å². The van der Waals surface area contributed by atoms with Crippen molar-refractivity contribution in [3.05, 3.63) is 6.92 Å².